The van der Waals surface area contributed by atoms with E-state index in [1.54, 1.807) is 0 Å². The van der Waals surface area contributed by atoms with Crippen LogP contribution in [0.3, 0.4) is 0 Å². The van der Waals surface area contributed by atoms with Crippen molar-refractivity contribution in [1.82, 2.24) is 4.90 Å². The van der Waals surface area contributed by atoms with Crippen LogP contribution in [-0.4, -0.2) is 30.6 Å². The maximum atomic E-state index is 12.6. The van der Waals surface area contributed by atoms with Crippen LogP contribution in [0.4, 0.5) is 10.5 Å². The van der Waals surface area contributed by atoms with Gasteiger partial charge in [-0.2, -0.15) is 0 Å². The lowest BCUT2D eigenvalue weighted by atomic mass is 10.2. The third-order valence-electron chi connectivity index (χ3n) is 3.74. The fourth-order valence-electron chi connectivity index (χ4n) is 2.66. The van der Waals surface area contributed by atoms with Gasteiger partial charge in [-0.25, -0.2) is 4.79 Å². The molecule has 0 atom stereocenters. The highest BCUT2D eigenvalue weighted by molar-refractivity contribution is 5.92. The molecule has 1 aliphatic rings. The molecule has 0 saturated carbocycles. The Morgan fingerprint density at radius 3 is 2.47 bits per heavy atom. The van der Waals surface area contributed by atoms with Gasteiger partial charge in [-0.1, -0.05) is 25.0 Å². The minimum atomic E-state index is 0.162. The molecule has 2 rings (SSSR count). The maximum absolute atomic E-state index is 12.6. The minimum absolute atomic E-state index is 0.162. The fourth-order valence-corrected chi connectivity index (χ4v) is 2.66. The molecular formula is C16H24N2O. The number of likely N-dealkylation sites (tertiary alicyclic amines) is 1. The zero-order valence-corrected chi connectivity index (χ0v) is 12.1. The van der Waals surface area contributed by atoms with E-state index in [1.807, 2.05) is 28.9 Å². The molecule has 3 nitrogen and oxygen atoms in total. The van der Waals surface area contributed by atoms with E-state index in [4.69, 9.17) is 0 Å². The predicted octanol–water partition coefficient (Wildman–Crippen LogP) is 3.82. The van der Waals surface area contributed by atoms with E-state index in [-0.39, 0.29) is 6.03 Å². The number of hydrogen-bond acceptors (Lipinski definition) is 1. The van der Waals surface area contributed by atoms with Crippen LogP contribution in [0, 0.1) is 6.92 Å². The molecule has 0 unspecified atom stereocenters. The first-order valence-electron chi connectivity index (χ1n) is 7.35. The number of carbonyl (C=O) groups is 1. The highest BCUT2D eigenvalue weighted by Gasteiger charge is 2.21. The summed E-state index contributed by atoms with van der Waals surface area (Å²) in [5.41, 5.74) is 2.20. The second kappa shape index (κ2) is 6.60. The third-order valence-corrected chi connectivity index (χ3v) is 3.74. The summed E-state index contributed by atoms with van der Waals surface area (Å²) in [5, 5.41) is 0. The predicted molar refractivity (Wildman–Crippen MR) is 79.6 cm³/mol. The van der Waals surface area contributed by atoms with E-state index < -0.39 is 0 Å². The number of hydrogen-bond donors (Lipinski definition) is 0. The zero-order chi connectivity index (χ0) is 13.7. The summed E-state index contributed by atoms with van der Waals surface area (Å²) in [6.07, 6.45) is 4.77. The summed E-state index contributed by atoms with van der Waals surface area (Å²) in [6.45, 7) is 6.63. The van der Waals surface area contributed by atoms with Gasteiger partial charge < -0.3 is 4.90 Å². The molecule has 0 radical (unpaired) electrons. The second-order valence-electron chi connectivity index (χ2n) is 5.27. The van der Waals surface area contributed by atoms with Crippen molar-refractivity contribution >= 4 is 11.7 Å². The van der Waals surface area contributed by atoms with Gasteiger partial charge >= 0.3 is 6.03 Å². The van der Waals surface area contributed by atoms with Crippen molar-refractivity contribution in [1.29, 1.82) is 0 Å². The summed E-state index contributed by atoms with van der Waals surface area (Å²) in [7, 11) is 0. The van der Waals surface area contributed by atoms with E-state index >= 15 is 0 Å². The van der Waals surface area contributed by atoms with Crippen LogP contribution in [0.15, 0.2) is 24.3 Å². The van der Waals surface area contributed by atoms with Crippen LogP contribution in [0.1, 0.15) is 38.2 Å². The number of amides is 2. The van der Waals surface area contributed by atoms with Crippen LogP contribution in [-0.2, 0) is 0 Å². The van der Waals surface area contributed by atoms with Crippen LogP contribution < -0.4 is 4.90 Å². The first kappa shape index (κ1) is 13.9. The first-order valence-corrected chi connectivity index (χ1v) is 7.35. The Morgan fingerprint density at radius 1 is 1.21 bits per heavy atom. The van der Waals surface area contributed by atoms with Crippen LogP contribution in [0.25, 0.3) is 0 Å². The zero-order valence-electron chi connectivity index (χ0n) is 12.1. The van der Waals surface area contributed by atoms with Gasteiger partial charge in [0.25, 0.3) is 0 Å². The highest BCUT2D eigenvalue weighted by Crippen LogP contribution is 2.19. The minimum Gasteiger partial charge on any atom is -0.324 e. The topological polar surface area (TPSA) is 23.6 Å². The van der Waals surface area contributed by atoms with Crippen molar-refractivity contribution in [2.45, 2.75) is 39.5 Å². The molecule has 2 amide bonds. The van der Waals surface area contributed by atoms with E-state index in [9.17, 15) is 4.79 Å². The molecule has 0 spiro atoms. The van der Waals surface area contributed by atoms with Gasteiger partial charge in [0.2, 0.25) is 0 Å². The van der Waals surface area contributed by atoms with Crippen molar-refractivity contribution < 1.29 is 4.79 Å². The largest absolute Gasteiger partial charge is 0.324 e. The summed E-state index contributed by atoms with van der Waals surface area (Å²) in [5.74, 6) is 0. The lowest BCUT2D eigenvalue weighted by molar-refractivity contribution is 0.207. The number of urea groups is 1. The molecule has 3 heteroatoms. The molecule has 0 aromatic heterocycles. The maximum Gasteiger partial charge on any atom is 0.324 e. The Labute approximate surface area is 116 Å². The Balaban J connectivity index is 2.14. The number of aryl methyl sites for hydroxylation is 1. The number of carbonyl (C=O) groups excluding carboxylic acids is 1. The first-order chi connectivity index (χ1) is 9.22. The number of nitrogens with zero attached hydrogens (tertiary/aromatic N) is 2. The quantitative estimate of drug-likeness (QED) is 0.793. The summed E-state index contributed by atoms with van der Waals surface area (Å²) in [4.78, 5) is 16.5. The number of rotatable bonds is 2. The van der Waals surface area contributed by atoms with Gasteiger partial charge in [0, 0.05) is 25.3 Å². The van der Waals surface area contributed by atoms with Crippen molar-refractivity contribution in [2.24, 2.45) is 0 Å². The van der Waals surface area contributed by atoms with Crippen molar-refractivity contribution in [3.05, 3.63) is 29.8 Å². The molecule has 0 aliphatic carbocycles. The van der Waals surface area contributed by atoms with Crippen molar-refractivity contribution in [3.63, 3.8) is 0 Å². The van der Waals surface area contributed by atoms with E-state index in [2.05, 4.69) is 19.1 Å². The Bertz CT molecular complexity index is 423. The third kappa shape index (κ3) is 3.49. The molecule has 0 N–H and O–H groups in total. The van der Waals surface area contributed by atoms with Crippen molar-refractivity contribution in [2.75, 3.05) is 24.5 Å². The van der Waals surface area contributed by atoms with Gasteiger partial charge in [-0.05, 0) is 44.4 Å². The fraction of sp³-hybridized carbons (Fsp3) is 0.562. The molecule has 1 saturated heterocycles. The van der Waals surface area contributed by atoms with Crippen LogP contribution in [0.2, 0.25) is 0 Å². The van der Waals surface area contributed by atoms with E-state index in [0.717, 1.165) is 38.2 Å². The van der Waals surface area contributed by atoms with E-state index in [0.29, 0.717) is 0 Å². The summed E-state index contributed by atoms with van der Waals surface area (Å²) >= 11 is 0. The van der Waals surface area contributed by atoms with Gasteiger partial charge in [0.1, 0.15) is 0 Å². The second-order valence-corrected chi connectivity index (χ2v) is 5.27. The van der Waals surface area contributed by atoms with Gasteiger partial charge in [-0.15, -0.1) is 0 Å². The SMILES string of the molecule is CCN(C(=O)N1CCCCCC1)c1cccc(C)c1. The summed E-state index contributed by atoms with van der Waals surface area (Å²) < 4.78 is 0. The van der Waals surface area contributed by atoms with E-state index in [1.165, 1.54) is 18.4 Å². The lowest BCUT2D eigenvalue weighted by Gasteiger charge is -2.29. The molecule has 1 aromatic carbocycles. The smallest absolute Gasteiger partial charge is 0.324 e. The molecule has 104 valence electrons. The van der Waals surface area contributed by atoms with Crippen LogP contribution in [0.5, 0.6) is 0 Å². The molecule has 0 bridgehead atoms. The highest BCUT2D eigenvalue weighted by atomic mass is 16.2. The van der Waals surface area contributed by atoms with Crippen LogP contribution >= 0.6 is 0 Å². The van der Waals surface area contributed by atoms with Gasteiger partial charge in [0.05, 0.1) is 0 Å². The van der Waals surface area contributed by atoms with Gasteiger partial charge in [0.15, 0.2) is 0 Å². The molecule has 1 heterocycles. The Morgan fingerprint density at radius 2 is 1.89 bits per heavy atom. The lowest BCUT2D eigenvalue weighted by Crippen LogP contribution is -2.43. The average Bonchev–Trinajstić information content (AvgIpc) is 2.68. The Kier molecular flexibility index (Phi) is 4.83. The summed E-state index contributed by atoms with van der Waals surface area (Å²) in [6, 6.07) is 8.34. The number of benzene rings is 1. The number of anilines is 1. The molecule has 19 heavy (non-hydrogen) atoms. The molecule has 1 aromatic rings. The molecule has 1 aliphatic heterocycles. The average molecular weight is 260 g/mol. The molecule has 1 fully saturated rings. The monoisotopic (exact) mass is 260 g/mol. The van der Waals surface area contributed by atoms with Crippen molar-refractivity contribution in [3.8, 4) is 0 Å². The molecular weight excluding hydrogens is 236 g/mol. The standard InChI is InChI=1S/C16H24N2O/c1-3-18(15-10-8-9-14(2)13-15)16(19)17-11-6-4-5-7-12-17/h8-10,13H,3-7,11-12H2,1-2H3. The van der Waals surface area contributed by atoms with Gasteiger partial charge in [-0.3, -0.25) is 4.90 Å². The Hall–Kier alpha value is -1.51. The normalized spacial score (nSPS) is 16.0.